The van der Waals surface area contributed by atoms with E-state index in [0.717, 1.165) is 13.1 Å². The molecule has 0 radical (unpaired) electrons. The minimum absolute atomic E-state index is 0.585. The van der Waals surface area contributed by atoms with Crippen LogP contribution in [0.3, 0.4) is 0 Å². The lowest BCUT2D eigenvalue weighted by Gasteiger charge is -2.46. The van der Waals surface area contributed by atoms with E-state index in [2.05, 4.69) is 44.0 Å². The predicted octanol–water partition coefficient (Wildman–Crippen LogP) is 3.35. The van der Waals surface area contributed by atoms with Crippen molar-refractivity contribution in [3.8, 4) is 0 Å². The van der Waals surface area contributed by atoms with Crippen molar-refractivity contribution in [3.05, 3.63) is 60.2 Å². The summed E-state index contributed by atoms with van der Waals surface area (Å²) in [4.78, 5) is 14.1. The molecule has 2 aromatic rings. The monoisotopic (exact) mass is 336 g/mol. The highest BCUT2D eigenvalue weighted by Crippen LogP contribution is 2.41. The Kier molecular flexibility index (Phi) is 5.09. The highest BCUT2D eigenvalue weighted by atomic mass is 15.2. The van der Waals surface area contributed by atoms with Gasteiger partial charge in [-0.3, -0.25) is 19.8 Å². The summed E-state index contributed by atoms with van der Waals surface area (Å²) in [5.41, 5.74) is 2.98. The molecule has 2 aliphatic heterocycles. The molecule has 4 nitrogen and oxygen atoms in total. The molecule has 4 heterocycles. The second-order valence-corrected chi connectivity index (χ2v) is 7.69. The molecular weight excluding hydrogens is 308 g/mol. The van der Waals surface area contributed by atoms with Gasteiger partial charge in [-0.2, -0.15) is 0 Å². The lowest BCUT2D eigenvalue weighted by atomic mass is 9.71. The fraction of sp³-hybridized carbons (Fsp3) is 0.524. The van der Waals surface area contributed by atoms with Crippen molar-refractivity contribution in [1.29, 1.82) is 0 Å². The van der Waals surface area contributed by atoms with Crippen molar-refractivity contribution >= 4 is 0 Å². The molecule has 2 fully saturated rings. The van der Waals surface area contributed by atoms with Crippen molar-refractivity contribution in [3.63, 3.8) is 0 Å². The minimum atomic E-state index is 0.585. The number of pyridine rings is 2. The number of nitrogens with zero attached hydrogens (tertiary/aromatic N) is 4. The zero-order valence-corrected chi connectivity index (χ0v) is 15.0. The molecule has 0 amide bonds. The zero-order chi connectivity index (χ0) is 17.0. The van der Waals surface area contributed by atoms with Crippen molar-refractivity contribution in [2.75, 3.05) is 26.2 Å². The number of hydrogen-bond donors (Lipinski definition) is 0. The molecule has 25 heavy (non-hydrogen) atoms. The Balaban J connectivity index is 1.25. The number of hydrogen-bond acceptors (Lipinski definition) is 4. The normalized spacial score (nSPS) is 21.4. The Morgan fingerprint density at radius 1 is 0.680 bits per heavy atom. The quantitative estimate of drug-likeness (QED) is 0.857. The topological polar surface area (TPSA) is 32.3 Å². The molecule has 0 saturated carbocycles. The van der Waals surface area contributed by atoms with Crippen LogP contribution >= 0.6 is 0 Å². The smallest absolute Gasteiger partial charge is 0.0543 e. The van der Waals surface area contributed by atoms with Crippen molar-refractivity contribution < 1.29 is 0 Å². The van der Waals surface area contributed by atoms with E-state index in [1.165, 1.54) is 63.3 Å². The first-order valence-electron chi connectivity index (χ1n) is 9.56. The van der Waals surface area contributed by atoms with Gasteiger partial charge in [0.05, 0.1) is 11.4 Å². The minimum Gasteiger partial charge on any atom is -0.297 e. The standard InChI is InChI=1S/C21H28N4/c1-3-11-22-19(5-1)17-24-13-7-21(8-14-24)9-15-25(16-10-21)18-20-6-2-4-12-23-20/h1-6,11-12H,7-10,13-18H2. The van der Waals surface area contributed by atoms with E-state index in [-0.39, 0.29) is 0 Å². The molecule has 0 atom stereocenters. The first kappa shape index (κ1) is 16.7. The molecule has 2 aliphatic rings. The maximum atomic E-state index is 4.47. The van der Waals surface area contributed by atoms with Gasteiger partial charge in [-0.15, -0.1) is 0 Å². The highest BCUT2D eigenvalue weighted by Gasteiger charge is 2.37. The van der Waals surface area contributed by atoms with E-state index in [1.54, 1.807) is 0 Å². The Labute approximate surface area is 150 Å². The van der Waals surface area contributed by atoms with Gasteiger partial charge in [-0.1, -0.05) is 12.1 Å². The van der Waals surface area contributed by atoms with Crippen molar-refractivity contribution in [1.82, 2.24) is 19.8 Å². The lowest BCUT2D eigenvalue weighted by Crippen LogP contribution is -2.46. The third-order valence-corrected chi connectivity index (χ3v) is 6.06. The van der Waals surface area contributed by atoms with Crippen molar-refractivity contribution in [2.45, 2.75) is 38.8 Å². The summed E-state index contributed by atoms with van der Waals surface area (Å²) in [5, 5.41) is 0. The molecular formula is C21H28N4. The molecule has 1 spiro atoms. The molecule has 0 aromatic carbocycles. The van der Waals surface area contributed by atoms with Gasteiger partial charge in [0.25, 0.3) is 0 Å². The summed E-state index contributed by atoms with van der Waals surface area (Å²) in [6, 6.07) is 12.4. The SMILES string of the molecule is c1ccc(CN2CCC3(CC2)CCN(Cc2ccccn2)CC3)nc1. The summed E-state index contributed by atoms with van der Waals surface area (Å²) in [7, 11) is 0. The van der Waals surface area contributed by atoms with Crippen LogP contribution in [0.4, 0.5) is 0 Å². The molecule has 4 heteroatoms. The average Bonchev–Trinajstić information content (AvgIpc) is 2.68. The van der Waals surface area contributed by atoms with E-state index < -0.39 is 0 Å². The van der Waals surface area contributed by atoms with Crippen LogP contribution in [0.5, 0.6) is 0 Å². The van der Waals surface area contributed by atoms with Gasteiger partial charge >= 0.3 is 0 Å². The zero-order valence-electron chi connectivity index (χ0n) is 15.0. The Morgan fingerprint density at radius 2 is 1.12 bits per heavy atom. The Bertz CT molecular complexity index is 579. The summed E-state index contributed by atoms with van der Waals surface area (Å²) in [5.74, 6) is 0. The first-order chi connectivity index (χ1) is 12.3. The molecule has 132 valence electrons. The van der Waals surface area contributed by atoms with E-state index in [0.29, 0.717) is 5.41 Å². The van der Waals surface area contributed by atoms with Crippen LogP contribution in [-0.4, -0.2) is 45.9 Å². The fourth-order valence-corrected chi connectivity index (χ4v) is 4.31. The van der Waals surface area contributed by atoms with Crippen LogP contribution < -0.4 is 0 Å². The van der Waals surface area contributed by atoms with Crippen LogP contribution in [0, 0.1) is 5.41 Å². The van der Waals surface area contributed by atoms with E-state index >= 15 is 0 Å². The number of piperidine rings is 2. The lowest BCUT2D eigenvalue weighted by molar-refractivity contribution is 0.0293. The van der Waals surface area contributed by atoms with Gasteiger partial charge < -0.3 is 0 Å². The van der Waals surface area contributed by atoms with Gasteiger partial charge in [-0.25, -0.2) is 0 Å². The third kappa shape index (κ3) is 4.25. The third-order valence-electron chi connectivity index (χ3n) is 6.06. The maximum absolute atomic E-state index is 4.47. The Hall–Kier alpha value is -1.78. The van der Waals surface area contributed by atoms with Crippen LogP contribution in [-0.2, 0) is 13.1 Å². The summed E-state index contributed by atoms with van der Waals surface area (Å²) >= 11 is 0. The van der Waals surface area contributed by atoms with Gasteiger partial charge in [0, 0.05) is 25.5 Å². The van der Waals surface area contributed by atoms with Gasteiger partial charge in [0.2, 0.25) is 0 Å². The molecule has 0 N–H and O–H groups in total. The first-order valence-corrected chi connectivity index (χ1v) is 9.56. The molecule has 4 rings (SSSR count). The Morgan fingerprint density at radius 3 is 1.48 bits per heavy atom. The largest absolute Gasteiger partial charge is 0.297 e. The molecule has 0 bridgehead atoms. The van der Waals surface area contributed by atoms with Gasteiger partial charge in [-0.05, 0) is 81.5 Å². The van der Waals surface area contributed by atoms with Crippen LogP contribution in [0.2, 0.25) is 0 Å². The summed E-state index contributed by atoms with van der Waals surface area (Å²) in [6.07, 6.45) is 9.18. The number of rotatable bonds is 4. The molecule has 0 aliphatic carbocycles. The van der Waals surface area contributed by atoms with E-state index in [9.17, 15) is 0 Å². The summed E-state index contributed by atoms with van der Waals surface area (Å²) in [6.45, 7) is 6.88. The number of aromatic nitrogens is 2. The molecule has 0 unspecified atom stereocenters. The molecule has 2 saturated heterocycles. The summed E-state index contributed by atoms with van der Waals surface area (Å²) < 4.78 is 0. The highest BCUT2D eigenvalue weighted by molar-refractivity contribution is 5.05. The second kappa shape index (κ2) is 7.63. The average molecular weight is 336 g/mol. The van der Waals surface area contributed by atoms with Crippen molar-refractivity contribution in [2.24, 2.45) is 5.41 Å². The van der Waals surface area contributed by atoms with E-state index in [4.69, 9.17) is 0 Å². The second-order valence-electron chi connectivity index (χ2n) is 7.69. The van der Waals surface area contributed by atoms with E-state index in [1.807, 2.05) is 24.5 Å². The van der Waals surface area contributed by atoms with Crippen LogP contribution in [0.1, 0.15) is 37.1 Å². The van der Waals surface area contributed by atoms with Crippen LogP contribution in [0.25, 0.3) is 0 Å². The number of likely N-dealkylation sites (tertiary alicyclic amines) is 2. The maximum Gasteiger partial charge on any atom is 0.0543 e. The van der Waals surface area contributed by atoms with Gasteiger partial charge in [0.1, 0.15) is 0 Å². The fourth-order valence-electron chi connectivity index (χ4n) is 4.31. The predicted molar refractivity (Wildman–Crippen MR) is 99.9 cm³/mol. The van der Waals surface area contributed by atoms with Gasteiger partial charge in [0.15, 0.2) is 0 Å². The van der Waals surface area contributed by atoms with Crippen LogP contribution in [0.15, 0.2) is 48.8 Å². The molecule has 2 aromatic heterocycles.